The summed E-state index contributed by atoms with van der Waals surface area (Å²) in [6, 6.07) is 15.5. The molecule has 2 N–H and O–H groups in total. The molecule has 2 aromatic carbocycles. The van der Waals surface area contributed by atoms with Crippen molar-refractivity contribution in [3.05, 3.63) is 65.5 Å². The van der Waals surface area contributed by atoms with E-state index in [2.05, 4.69) is 20.4 Å². The molecule has 1 aliphatic heterocycles. The molecule has 4 rings (SSSR count). The quantitative estimate of drug-likeness (QED) is 0.575. The van der Waals surface area contributed by atoms with Crippen LogP contribution >= 0.6 is 0 Å². The van der Waals surface area contributed by atoms with E-state index in [1.54, 1.807) is 14.2 Å². The molecular formula is C23H28N6O3. The van der Waals surface area contributed by atoms with E-state index in [0.717, 1.165) is 22.6 Å². The van der Waals surface area contributed by atoms with E-state index in [1.807, 2.05) is 53.2 Å². The summed E-state index contributed by atoms with van der Waals surface area (Å²) in [6.45, 7) is 1.93. The zero-order chi connectivity index (χ0) is 22.5. The number of carbonyl (C=O) groups is 1. The zero-order valence-corrected chi connectivity index (χ0v) is 18.3. The standard InChI is InChI=1S/C23H28N6O3/c1-31-18-8-9-20(32-2)19(14-18)21(28-12-10-17(11-13-28)22(24)30)23-25-26-27-29(23)15-16-6-4-3-5-7-16/h3-9,14,17,21H,10-13,15H2,1-2H3,(H2,24,30)/t21-/m1/s1. The van der Waals surface area contributed by atoms with Crippen LogP contribution < -0.4 is 15.2 Å². The highest BCUT2D eigenvalue weighted by Gasteiger charge is 2.34. The Labute approximate surface area is 187 Å². The number of nitrogens with zero attached hydrogens (tertiary/aromatic N) is 5. The van der Waals surface area contributed by atoms with Gasteiger partial charge in [-0.05, 0) is 60.1 Å². The summed E-state index contributed by atoms with van der Waals surface area (Å²) in [5, 5.41) is 12.7. The monoisotopic (exact) mass is 436 g/mol. The number of primary amides is 1. The molecule has 1 fully saturated rings. The molecule has 1 atom stereocenters. The Morgan fingerprint density at radius 1 is 1.12 bits per heavy atom. The van der Waals surface area contributed by atoms with Gasteiger partial charge in [0.1, 0.15) is 17.5 Å². The third-order valence-corrected chi connectivity index (χ3v) is 6.01. The molecule has 2 heterocycles. The van der Waals surface area contributed by atoms with Crippen molar-refractivity contribution in [2.24, 2.45) is 11.7 Å². The molecule has 32 heavy (non-hydrogen) atoms. The van der Waals surface area contributed by atoms with Crippen LogP contribution in [0.5, 0.6) is 11.5 Å². The molecule has 3 aromatic rings. The van der Waals surface area contributed by atoms with Gasteiger partial charge in [-0.15, -0.1) is 5.10 Å². The van der Waals surface area contributed by atoms with Crippen molar-refractivity contribution in [2.75, 3.05) is 27.3 Å². The lowest BCUT2D eigenvalue weighted by molar-refractivity contribution is -0.123. The summed E-state index contributed by atoms with van der Waals surface area (Å²) < 4.78 is 13.0. The normalized spacial score (nSPS) is 15.9. The number of hydrogen-bond donors (Lipinski definition) is 1. The van der Waals surface area contributed by atoms with Gasteiger partial charge in [0.25, 0.3) is 0 Å². The van der Waals surface area contributed by atoms with Crippen LogP contribution in [0.2, 0.25) is 0 Å². The maximum absolute atomic E-state index is 11.7. The SMILES string of the molecule is COc1ccc(OC)c([C@H](c2nnnn2Cc2ccccc2)N2CCC(C(N)=O)CC2)c1. The zero-order valence-electron chi connectivity index (χ0n) is 18.3. The first-order valence-electron chi connectivity index (χ1n) is 10.7. The van der Waals surface area contributed by atoms with E-state index in [-0.39, 0.29) is 17.9 Å². The molecular weight excluding hydrogens is 408 g/mol. The van der Waals surface area contributed by atoms with Crippen LogP contribution in [0.3, 0.4) is 0 Å². The number of methoxy groups -OCH3 is 2. The number of benzene rings is 2. The van der Waals surface area contributed by atoms with Crippen molar-refractivity contribution in [2.45, 2.75) is 25.4 Å². The molecule has 1 saturated heterocycles. The van der Waals surface area contributed by atoms with Crippen LogP contribution in [0.25, 0.3) is 0 Å². The molecule has 0 unspecified atom stereocenters. The molecule has 0 bridgehead atoms. The Balaban J connectivity index is 1.75. The number of aromatic nitrogens is 4. The topological polar surface area (TPSA) is 108 Å². The number of rotatable bonds is 8. The highest BCUT2D eigenvalue weighted by atomic mass is 16.5. The Morgan fingerprint density at radius 2 is 1.88 bits per heavy atom. The fraction of sp³-hybridized carbons (Fsp3) is 0.391. The summed E-state index contributed by atoms with van der Waals surface area (Å²) in [5.74, 6) is 1.80. The van der Waals surface area contributed by atoms with Gasteiger partial charge in [0, 0.05) is 11.5 Å². The maximum atomic E-state index is 11.7. The lowest BCUT2D eigenvalue weighted by atomic mass is 9.93. The number of likely N-dealkylation sites (tertiary alicyclic amines) is 1. The van der Waals surface area contributed by atoms with Gasteiger partial charge >= 0.3 is 0 Å². The average Bonchev–Trinajstić information content (AvgIpc) is 3.27. The van der Waals surface area contributed by atoms with Crippen molar-refractivity contribution in [3.63, 3.8) is 0 Å². The number of amides is 1. The number of tetrazole rings is 1. The van der Waals surface area contributed by atoms with Gasteiger partial charge in [-0.2, -0.15) is 0 Å². The lowest BCUT2D eigenvalue weighted by Crippen LogP contribution is -2.41. The van der Waals surface area contributed by atoms with Crippen molar-refractivity contribution in [1.29, 1.82) is 0 Å². The van der Waals surface area contributed by atoms with Crippen LogP contribution in [0.1, 0.15) is 35.8 Å². The van der Waals surface area contributed by atoms with Gasteiger partial charge in [-0.3, -0.25) is 9.69 Å². The largest absolute Gasteiger partial charge is 0.497 e. The minimum Gasteiger partial charge on any atom is -0.497 e. The molecule has 0 saturated carbocycles. The van der Waals surface area contributed by atoms with Gasteiger partial charge in [0.05, 0.1) is 20.8 Å². The predicted octanol–water partition coefficient (Wildman–Crippen LogP) is 2.03. The second kappa shape index (κ2) is 9.78. The Bertz CT molecular complexity index is 1050. The van der Waals surface area contributed by atoms with Gasteiger partial charge in [-0.1, -0.05) is 30.3 Å². The van der Waals surface area contributed by atoms with Gasteiger partial charge < -0.3 is 15.2 Å². The van der Waals surface area contributed by atoms with Crippen molar-refractivity contribution in [3.8, 4) is 11.5 Å². The fourth-order valence-corrected chi connectivity index (χ4v) is 4.27. The molecule has 1 aromatic heterocycles. The number of hydrogen-bond acceptors (Lipinski definition) is 7. The molecule has 0 radical (unpaired) electrons. The summed E-state index contributed by atoms with van der Waals surface area (Å²) in [7, 11) is 3.28. The highest BCUT2D eigenvalue weighted by molar-refractivity contribution is 5.76. The van der Waals surface area contributed by atoms with Crippen LogP contribution in [0.15, 0.2) is 48.5 Å². The van der Waals surface area contributed by atoms with Crippen LogP contribution in [-0.4, -0.2) is 58.3 Å². The van der Waals surface area contributed by atoms with E-state index in [0.29, 0.717) is 38.3 Å². The number of nitrogens with two attached hydrogens (primary N) is 1. The van der Waals surface area contributed by atoms with Crippen molar-refractivity contribution < 1.29 is 14.3 Å². The van der Waals surface area contributed by atoms with Crippen molar-refractivity contribution >= 4 is 5.91 Å². The van der Waals surface area contributed by atoms with Crippen molar-refractivity contribution in [1.82, 2.24) is 25.1 Å². The average molecular weight is 437 g/mol. The van der Waals surface area contributed by atoms with Crippen LogP contribution in [0, 0.1) is 5.92 Å². The Kier molecular flexibility index (Phi) is 6.65. The minimum absolute atomic E-state index is 0.112. The first kappa shape index (κ1) is 21.8. The third kappa shape index (κ3) is 4.57. The van der Waals surface area contributed by atoms with E-state index in [1.165, 1.54) is 0 Å². The summed E-state index contributed by atoms with van der Waals surface area (Å²) in [4.78, 5) is 14.0. The Morgan fingerprint density at radius 3 is 2.53 bits per heavy atom. The summed E-state index contributed by atoms with van der Waals surface area (Å²) in [5.41, 5.74) is 7.57. The van der Waals surface area contributed by atoms with Gasteiger partial charge in [-0.25, -0.2) is 4.68 Å². The molecule has 1 aliphatic rings. The molecule has 1 amide bonds. The van der Waals surface area contributed by atoms with E-state index in [9.17, 15) is 4.79 Å². The van der Waals surface area contributed by atoms with Crippen LogP contribution in [-0.2, 0) is 11.3 Å². The summed E-state index contributed by atoms with van der Waals surface area (Å²) >= 11 is 0. The van der Waals surface area contributed by atoms with E-state index in [4.69, 9.17) is 15.2 Å². The van der Waals surface area contributed by atoms with E-state index < -0.39 is 0 Å². The second-order valence-electron chi connectivity index (χ2n) is 7.90. The lowest BCUT2D eigenvalue weighted by Gasteiger charge is -2.36. The highest BCUT2D eigenvalue weighted by Crippen LogP contribution is 2.38. The number of piperidine rings is 1. The molecule has 9 nitrogen and oxygen atoms in total. The van der Waals surface area contributed by atoms with E-state index >= 15 is 0 Å². The van der Waals surface area contributed by atoms with Crippen LogP contribution in [0.4, 0.5) is 0 Å². The Hall–Kier alpha value is -3.46. The predicted molar refractivity (Wildman–Crippen MR) is 118 cm³/mol. The van der Waals surface area contributed by atoms with Gasteiger partial charge in [0.15, 0.2) is 5.82 Å². The molecule has 0 aliphatic carbocycles. The first-order chi connectivity index (χ1) is 15.6. The molecule has 168 valence electrons. The molecule has 0 spiro atoms. The number of carbonyl (C=O) groups excluding carboxylic acids is 1. The van der Waals surface area contributed by atoms with Gasteiger partial charge in [0.2, 0.25) is 5.91 Å². The molecule has 9 heteroatoms. The maximum Gasteiger partial charge on any atom is 0.220 e. The second-order valence-corrected chi connectivity index (χ2v) is 7.90. The first-order valence-corrected chi connectivity index (χ1v) is 10.7. The smallest absolute Gasteiger partial charge is 0.220 e. The fourth-order valence-electron chi connectivity index (χ4n) is 4.27. The third-order valence-electron chi connectivity index (χ3n) is 6.01. The summed E-state index contributed by atoms with van der Waals surface area (Å²) in [6.07, 6.45) is 1.39. The minimum atomic E-state index is -0.271. The number of ether oxygens (including phenoxy) is 2.